The Morgan fingerprint density at radius 1 is 1.12 bits per heavy atom. The van der Waals surface area contributed by atoms with Crippen LogP contribution in [0.3, 0.4) is 0 Å². The molecule has 0 spiro atoms. The van der Waals surface area contributed by atoms with Crippen molar-refractivity contribution in [3.05, 3.63) is 24.3 Å². The highest BCUT2D eigenvalue weighted by Crippen LogP contribution is 2.02. The minimum Gasteiger partial charge on any atom is -0.456 e. The van der Waals surface area contributed by atoms with E-state index in [1.807, 2.05) is 0 Å². The highest BCUT2D eigenvalue weighted by Gasteiger charge is 2.16. The normalized spacial score (nSPS) is 11.4. The lowest BCUT2D eigenvalue weighted by Gasteiger charge is -2.16. The van der Waals surface area contributed by atoms with Crippen LogP contribution in [0.5, 0.6) is 0 Å². The molecule has 0 saturated heterocycles. The molecule has 90 valence electrons. The first-order valence-corrected chi connectivity index (χ1v) is 4.60. The Bertz CT molecular complexity index is 305. The molecule has 0 aromatic rings. The van der Waals surface area contributed by atoms with Crippen molar-refractivity contribution in [3.8, 4) is 0 Å². The summed E-state index contributed by atoms with van der Waals surface area (Å²) in [6.07, 6.45) is -0.938. The van der Waals surface area contributed by atoms with E-state index in [4.69, 9.17) is 14.2 Å². The molecular formula is C11H16O5. The zero-order valence-corrected chi connectivity index (χ0v) is 9.74. The summed E-state index contributed by atoms with van der Waals surface area (Å²) in [6, 6.07) is 0. The number of methoxy groups -OCH3 is 1. The molecule has 0 N–H and O–H groups in total. The molecule has 0 aliphatic rings. The predicted molar refractivity (Wildman–Crippen MR) is 57.5 cm³/mol. The second-order valence-corrected chi connectivity index (χ2v) is 3.23. The van der Waals surface area contributed by atoms with Gasteiger partial charge in [-0.2, -0.15) is 0 Å². The first kappa shape index (κ1) is 14.4. The van der Waals surface area contributed by atoms with Crippen LogP contribution in [0.25, 0.3) is 0 Å². The second kappa shape index (κ2) is 6.79. The van der Waals surface area contributed by atoms with Gasteiger partial charge in [0.2, 0.25) is 6.29 Å². The number of ether oxygens (including phenoxy) is 3. The number of hydrogen-bond acceptors (Lipinski definition) is 5. The van der Waals surface area contributed by atoms with Crippen LogP contribution in [0.15, 0.2) is 24.3 Å². The molecule has 5 nitrogen and oxygen atoms in total. The summed E-state index contributed by atoms with van der Waals surface area (Å²) in [7, 11) is 1.34. The highest BCUT2D eigenvalue weighted by atomic mass is 16.7. The third-order valence-corrected chi connectivity index (χ3v) is 1.55. The summed E-state index contributed by atoms with van der Waals surface area (Å²) in [5.74, 6) is -1.16. The van der Waals surface area contributed by atoms with Crippen molar-refractivity contribution in [3.63, 3.8) is 0 Å². The summed E-state index contributed by atoms with van der Waals surface area (Å²) < 4.78 is 14.4. The van der Waals surface area contributed by atoms with Gasteiger partial charge in [0.05, 0.1) is 0 Å². The van der Waals surface area contributed by atoms with Gasteiger partial charge in [-0.05, 0) is 13.8 Å². The molecule has 5 heteroatoms. The zero-order valence-electron chi connectivity index (χ0n) is 9.74. The zero-order chi connectivity index (χ0) is 12.7. The van der Waals surface area contributed by atoms with Crippen LogP contribution < -0.4 is 0 Å². The summed E-state index contributed by atoms with van der Waals surface area (Å²) in [5.41, 5.74) is 0.509. The van der Waals surface area contributed by atoms with Gasteiger partial charge in [-0.15, -0.1) is 0 Å². The molecule has 0 aliphatic carbocycles. The number of carbonyl (C=O) groups is 2. The summed E-state index contributed by atoms with van der Waals surface area (Å²) in [4.78, 5) is 22.2. The van der Waals surface area contributed by atoms with Gasteiger partial charge >= 0.3 is 11.9 Å². The second-order valence-electron chi connectivity index (χ2n) is 3.23. The van der Waals surface area contributed by atoms with Gasteiger partial charge in [-0.1, -0.05) is 13.2 Å². The van der Waals surface area contributed by atoms with Crippen LogP contribution in [-0.2, 0) is 23.8 Å². The van der Waals surface area contributed by atoms with Crippen molar-refractivity contribution >= 4 is 11.9 Å². The van der Waals surface area contributed by atoms with Crippen LogP contribution in [0.2, 0.25) is 0 Å². The van der Waals surface area contributed by atoms with Crippen molar-refractivity contribution in [2.45, 2.75) is 20.1 Å². The molecule has 0 aliphatic heterocycles. The predicted octanol–water partition coefficient (Wildman–Crippen LogP) is 1.20. The van der Waals surface area contributed by atoms with E-state index < -0.39 is 18.2 Å². The Kier molecular flexibility index (Phi) is 6.10. The monoisotopic (exact) mass is 228 g/mol. The molecule has 0 heterocycles. The van der Waals surface area contributed by atoms with Crippen molar-refractivity contribution < 1.29 is 23.8 Å². The fourth-order valence-electron chi connectivity index (χ4n) is 0.637. The van der Waals surface area contributed by atoms with Gasteiger partial charge in [0.1, 0.15) is 0 Å². The first-order valence-electron chi connectivity index (χ1n) is 4.60. The smallest absolute Gasteiger partial charge is 0.335 e. The van der Waals surface area contributed by atoms with E-state index >= 15 is 0 Å². The molecule has 16 heavy (non-hydrogen) atoms. The lowest BCUT2D eigenvalue weighted by molar-refractivity contribution is -0.183. The lowest BCUT2D eigenvalue weighted by atomic mass is 10.3. The van der Waals surface area contributed by atoms with Crippen LogP contribution in [0.4, 0.5) is 0 Å². The van der Waals surface area contributed by atoms with Crippen molar-refractivity contribution in [1.82, 2.24) is 0 Å². The molecule has 0 amide bonds. The van der Waals surface area contributed by atoms with Gasteiger partial charge in [-0.25, -0.2) is 9.59 Å². The Morgan fingerprint density at radius 3 is 2.00 bits per heavy atom. The quantitative estimate of drug-likeness (QED) is 0.388. The standard InChI is InChI=1S/C11H16O5/c1-7(2)10(12)15-6-9(14-5)16-11(13)8(3)4/h9H,1,3,6H2,2,4-5H3. The van der Waals surface area contributed by atoms with Crippen molar-refractivity contribution in [2.24, 2.45) is 0 Å². The summed E-state index contributed by atoms with van der Waals surface area (Å²) in [6.45, 7) is 9.67. The average Bonchev–Trinajstić information content (AvgIpc) is 2.22. The van der Waals surface area contributed by atoms with E-state index in [-0.39, 0.29) is 17.8 Å². The van der Waals surface area contributed by atoms with Crippen molar-refractivity contribution in [2.75, 3.05) is 13.7 Å². The molecular weight excluding hydrogens is 212 g/mol. The molecule has 0 aromatic heterocycles. The Morgan fingerprint density at radius 2 is 1.62 bits per heavy atom. The molecule has 0 bridgehead atoms. The van der Waals surface area contributed by atoms with Gasteiger partial charge in [0.25, 0.3) is 0 Å². The van der Waals surface area contributed by atoms with Gasteiger partial charge < -0.3 is 14.2 Å². The van der Waals surface area contributed by atoms with E-state index in [0.717, 1.165) is 0 Å². The number of carbonyl (C=O) groups excluding carboxylic acids is 2. The first-order chi connectivity index (χ1) is 7.38. The molecule has 0 saturated carbocycles. The summed E-state index contributed by atoms with van der Waals surface area (Å²) >= 11 is 0. The van der Waals surface area contributed by atoms with E-state index in [9.17, 15) is 9.59 Å². The maximum Gasteiger partial charge on any atom is 0.335 e. The van der Waals surface area contributed by atoms with Gasteiger partial charge in [-0.3, -0.25) is 0 Å². The third kappa shape index (κ3) is 5.31. The topological polar surface area (TPSA) is 61.8 Å². The van der Waals surface area contributed by atoms with E-state index in [0.29, 0.717) is 0 Å². The van der Waals surface area contributed by atoms with E-state index in [2.05, 4.69) is 13.2 Å². The fraction of sp³-hybridized carbons (Fsp3) is 0.455. The van der Waals surface area contributed by atoms with Crippen LogP contribution in [0, 0.1) is 0 Å². The third-order valence-electron chi connectivity index (χ3n) is 1.55. The minimum absolute atomic E-state index is 0.179. The molecule has 0 rings (SSSR count). The van der Waals surface area contributed by atoms with Gasteiger partial charge in [0, 0.05) is 18.3 Å². The summed E-state index contributed by atoms with van der Waals surface area (Å²) in [5, 5.41) is 0. The number of hydrogen-bond donors (Lipinski definition) is 0. The largest absolute Gasteiger partial charge is 0.456 e. The van der Waals surface area contributed by atoms with Crippen molar-refractivity contribution in [1.29, 1.82) is 0 Å². The van der Waals surface area contributed by atoms with Crippen LogP contribution in [-0.4, -0.2) is 31.9 Å². The fourth-order valence-corrected chi connectivity index (χ4v) is 0.637. The molecule has 0 aromatic carbocycles. The number of esters is 2. The number of rotatable bonds is 6. The Hall–Kier alpha value is -1.62. The Labute approximate surface area is 94.7 Å². The molecule has 1 atom stereocenters. The Balaban J connectivity index is 4.11. The lowest BCUT2D eigenvalue weighted by Crippen LogP contribution is -2.27. The van der Waals surface area contributed by atoms with E-state index in [1.54, 1.807) is 0 Å². The highest BCUT2D eigenvalue weighted by molar-refractivity contribution is 5.87. The maximum absolute atomic E-state index is 11.1. The molecule has 0 fully saturated rings. The SMILES string of the molecule is C=C(C)C(=O)OCC(OC)OC(=O)C(=C)C. The minimum atomic E-state index is -0.938. The average molecular weight is 228 g/mol. The van der Waals surface area contributed by atoms with Crippen LogP contribution in [0.1, 0.15) is 13.8 Å². The molecule has 1 unspecified atom stereocenters. The maximum atomic E-state index is 11.1. The van der Waals surface area contributed by atoms with Gasteiger partial charge in [0.15, 0.2) is 6.61 Å². The van der Waals surface area contributed by atoms with E-state index in [1.165, 1.54) is 21.0 Å². The molecule has 0 radical (unpaired) electrons. The van der Waals surface area contributed by atoms with Crippen LogP contribution >= 0.6 is 0 Å².